The predicted molar refractivity (Wildman–Crippen MR) is 108 cm³/mol. The van der Waals surface area contributed by atoms with Gasteiger partial charge in [-0.15, -0.1) is 0 Å². The topological polar surface area (TPSA) is 49.4 Å². The zero-order valence-corrected chi connectivity index (χ0v) is 17.0. The first-order chi connectivity index (χ1) is 13.0. The Hall–Kier alpha value is -1.84. The molecule has 0 radical (unpaired) electrons. The summed E-state index contributed by atoms with van der Waals surface area (Å²) in [4.78, 5) is 27.4. The van der Waals surface area contributed by atoms with Crippen LogP contribution in [0.3, 0.4) is 0 Å². The fourth-order valence-electron chi connectivity index (χ4n) is 3.97. The molecule has 2 amide bonds. The normalized spacial score (nSPS) is 20.2. The van der Waals surface area contributed by atoms with Gasteiger partial charge in [0, 0.05) is 19.5 Å². The molecule has 1 N–H and O–H groups in total. The molecule has 0 spiro atoms. The van der Waals surface area contributed by atoms with Gasteiger partial charge in [-0.1, -0.05) is 50.1 Å². The summed E-state index contributed by atoms with van der Waals surface area (Å²) in [6, 6.07) is 8.40. The lowest BCUT2D eigenvalue weighted by Gasteiger charge is -2.36. The summed E-state index contributed by atoms with van der Waals surface area (Å²) in [6.45, 7) is 7.82. The van der Waals surface area contributed by atoms with E-state index in [1.807, 2.05) is 4.90 Å². The van der Waals surface area contributed by atoms with Crippen LogP contribution in [0.5, 0.6) is 0 Å². The fourth-order valence-corrected chi connectivity index (χ4v) is 3.97. The number of hydrogen-bond donors (Lipinski definition) is 1. The molecule has 2 atom stereocenters. The molecule has 0 unspecified atom stereocenters. The molecule has 1 aromatic carbocycles. The Balaban J connectivity index is 1.57. The summed E-state index contributed by atoms with van der Waals surface area (Å²) >= 11 is 0. The third-order valence-electron chi connectivity index (χ3n) is 6.32. The monoisotopic (exact) mass is 370 g/mol. The first-order valence-electron chi connectivity index (χ1n) is 10.6. The highest BCUT2D eigenvalue weighted by Crippen LogP contribution is 2.32. The summed E-state index contributed by atoms with van der Waals surface area (Å²) in [7, 11) is 0. The highest BCUT2D eigenvalue weighted by Gasteiger charge is 2.33. The van der Waals surface area contributed by atoms with Gasteiger partial charge in [0.1, 0.15) is 6.04 Å². The van der Waals surface area contributed by atoms with E-state index in [2.05, 4.69) is 50.4 Å². The SMILES string of the molecule is CC[C@H](C)[C@@H](NC(=O)CC1CC1)C(=O)N1CCC(c2ccc(C)cc2)CC1. The van der Waals surface area contributed by atoms with Crippen LogP contribution in [0.25, 0.3) is 0 Å². The quantitative estimate of drug-likeness (QED) is 0.788. The van der Waals surface area contributed by atoms with Crippen LogP contribution >= 0.6 is 0 Å². The maximum absolute atomic E-state index is 13.1. The Morgan fingerprint density at radius 1 is 1.11 bits per heavy atom. The van der Waals surface area contributed by atoms with Crippen molar-refractivity contribution in [1.82, 2.24) is 10.2 Å². The van der Waals surface area contributed by atoms with Crippen molar-refractivity contribution in [3.8, 4) is 0 Å². The van der Waals surface area contributed by atoms with Gasteiger partial charge in [0.2, 0.25) is 11.8 Å². The van der Waals surface area contributed by atoms with Crippen molar-refractivity contribution in [2.45, 2.75) is 71.3 Å². The van der Waals surface area contributed by atoms with Crippen LogP contribution < -0.4 is 5.32 Å². The second-order valence-corrected chi connectivity index (χ2v) is 8.59. The van der Waals surface area contributed by atoms with Gasteiger partial charge >= 0.3 is 0 Å². The maximum atomic E-state index is 13.1. The molecule has 1 aliphatic carbocycles. The van der Waals surface area contributed by atoms with Gasteiger partial charge in [0.25, 0.3) is 0 Å². The number of nitrogens with zero attached hydrogens (tertiary/aromatic N) is 1. The molecular weight excluding hydrogens is 336 g/mol. The average molecular weight is 371 g/mol. The Morgan fingerprint density at radius 3 is 2.30 bits per heavy atom. The number of piperidine rings is 1. The number of nitrogens with one attached hydrogen (secondary N) is 1. The minimum absolute atomic E-state index is 0.0469. The van der Waals surface area contributed by atoms with Crippen molar-refractivity contribution >= 4 is 11.8 Å². The summed E-state index contributed by atoms with van der Waals surface area (Å²) in [5.41, 5.74) is 2.66. The van der Waals surface area contributed by atoms with Crippen LogP contribution in [0.4, 0.5) is 0 Å². The summed E-state index contributed by atoms with van der Waals surface area (Å²) in [5.74, 6) is 1.39. The number of benzene rings is 1. The van der Waals surface area contributed by atoms with Crippen molar-refractivity contribution in [3.63, 3.8) is 0 Å². The molecule has 3 rings (SSSR count). The fraction of sp³-hybridized carbons (Fsp3) is 0.652. The van der Waals surface area contributed by atoms with Gasteiger partial charge in [-0.2, -0.15) is 0 Å². The smallest absolute Gasteiger partial charge is 0.245 e. The molecule has 4 nitrogen and oxygen atoms in total. The lowest BCUT2D eigenvalue weighted by molar-refractivity contribution is -0.139. The van der Waals surface area contributed by atoms with Crippen LogP contribution in [0, 0.1) is 18.8 Å². The number of amides is 2. The van der Waals surface area contributed by atoms with Gasteiger partial charge in [-0.3, -0.25) is 9.59 Å². The van der Waals surface area contributed by atoms with Crippen LogP contribution in [0.2, 0.25) is 0 Å². The first-order valence-corrected chi connectivity index (χ1v) is 10.6. The van der Waals surface area contributed by atoms with E-state index in [0.29, 0.717) is 18.3 Å². The van der Waals surface area contributed by atoms with Crippen LogP contribution in [0.1, 0.15) is 69.4 Å². The number of likely N-dealkylation sites (tertiary alicyclic amines) is 1. The van der Waals surface area contributed by atoms with E-state index in [-0.39, 0.29) is 23.8 Å². The number of carbonyl (C=O) groups is 2. The average Bonchev–Trinajstić information content (AvgIpc) is 3.49. The van der Waals surface area contributed by atoms with Gasteiger partial charge < -0.3 is 10.2 Å². The standard InChI is InChI=1S/C23H34N2O2/c1-4-17(3)22(24-21(26)15-18-7-8-18)23(27)25-13-11-20(12-14-25)19-9-5-16(2)6-10-19/h5-6,9-10,17-18,20,22H,4,7-8,11-15H2,1-3H3,(H,24,26)/t17-,22+/m0/s1. The zero-order valence-electron chi connectivity index (χ0n) is 17.0. The summed E-state index contributed by atoms with van der Waals surface area (Å²) in [6.07, 6.45) is 5.77. The van der Waals surface area contributed by atoms with Gasteiger partial charge in [0.05, 0.1) is 0 Å². The molecule has 27 heavy (non-hydrogen) atoms. The van der Waals surface area contributed by atoms with Crippen LogP contribution in [0.15, 0.2) is 24.3 Å². The molecule has 0 aromatic heterocycles. The van der Waals surface area contributed by atoms with E-state index in [1.54, 1.807) is 0 Å². The van der Waals surface area contributed by atoms with Crippen molar-refractivity contribution in [2.24, 2.45) is 11.8 Å². The molecule has 2 fully saturated rings. The molecule has 148 valence electrons. The molecular formula is C23H34N2O2. The van der Waals surface area contributed by atoms with Crippen LogP contribution in [-0.2, 0) is 9.59 Å². The minimum atomic E-state index is -0.378. The lowest BCUT2D eigenvalue weighted by atomic mass is 9.88. The molecule has 4 heteroatoms. The van der Waals surface area contributed by atoms with E-state index < -0.39 is 0 Å². The molecule has 1 saturated heterocycles. The number of rotatable bonds is 7. The second kappa shape index (κ2) is 8.90. The molecule has 1 saturated carbocycles. The van der Waals surface area contributed by atoms with Gasteiger partial charge in [0.15, 0.2) is 0 Å². The van der Waals surface area contributed by atoms with E-state index in [0.717, 1.165) is 45.2 Å². The van der Waals surface area contributed by atoms with E-state index in [4.69, 9.17) is 0 Å². The summed E-state index contributed by atoms with van der Waals surface area (Å²) < 4.78 is 0. The van der Waals surface area contributed by atoms with Crippen molar-refractivity contribution in [1.29, 1.82) is 0 Å². The Morgan fingerprint density at radius 2 is 1.74 bits per heavy atom. The first kappa shape index (κ1) is 19.9. The zero-order chi connectivity index (χ0) is 19.4. The second-order valence-electron chi connectivity index (χ2n) is 8.59. The van der Waals surface area contributed by atoms with Gasteiger partial charge in [-0.25, -0.2) is 0 Å². The van der Waals surface area contributed by atoms with E-state index in [9.17, 15) is 9.59 Å². The third kappa shape index (κ3) is 5.33. The Bertz CT molecular complexity index is 643. The maximum Gasteiger partial charge on any atom is 0.245 e. The van der Waals surface area contributed by atoms with Gasteiger partial charge in [-0.05, 0) is 55.9 Å². The van der Waals surface area contributed by atoms with E-state index in [1.165, 1.54) is 11.1 Å². The molecule has 1 aliphatic heterocycles. The third-order valence-corrected chi connectivity index (χ3v) is 6.32. The van der Waals surface area contributed by atoms with Crippen molar-refractivity contribution < 1.29 is 9.59 Å². The van der Waals surface area contributed by atoms with Crippen molar-refractivity contribution in [3.05, 3.63) is 35.4 Å². The Kier molecular flexibility index (Phi) is 6.56. The minimum Gasteiger partial charge on any atom is -0.344 e. The molecule has 0 bridgehead atoms. The highest BCUT2D eigenvalue weighted by atomic mass is 16.2. The predicted octanol–water partition coefficient (Wildman–Crippen LogP) is 4.03. The highest BCUT2D eigenvalue weighted by molar-refractivity contribution is 5.88. The molecule has 1 heterocycles. The number of hydrogen-bond acceptors (Lipinski definition) is 2. The van der Waals surface area contributed by atoms with E-state index >= 15 is 0 Å². The number of aryl methyl sites for hydroxylation is 1. The molecule has 2 aliphatic rings. The molecule has 1 aromatic rings. The van der Waals surface area contributed by atoms with Crippen molar-refractivity contribution in [2.75, 3.05) is 13.1 Å². The summed E-state index contributed by atoms with van der Waals surface area (Å²) in [5, 5.41) is 3.06. The lowest BCUT2D eigenvalue weighted by Crippen LogP contribution is -2.53. The Labute approximate surface area is 163 Å². The number of carbonyl (C=O) groups excluding carboxylic acids is 2. The largest absolute Gasteiger partial charge is 0.344 e. The van der Waals surface area contributed by atoms with Crippen LogP contribution in [-0.4, -0.2) is 35.8 Å².